The number of nitrogen functional groups attached to an aromatic ring is 2. The topological polar surface area (TPSA) is 238 Å². The number of amidine groups is 1. The minimum absolute atomic E-state index is 0.0706. The van der Waals surface area contributed by atoms with Gasteiger partial charge < -0.3 is 11.5 Å². The molecule has 2 saturated carbocycles. The highest BCUT2D eigenvalue weighted by Crippen LogP contribution is 2.41. The lowest BCUT2D eigenvalue weighted by Crippen LogP contribution is -2.42. The molecule has 0 saturated heterocycles. The molecule has 7 N–H and O–H groups in total. The lowest BCUT2D eigenvalue weighted by atomic mass is 9.88. The van der Waals surface area contributed by atoms with Crippen LogP contribution in [0.3, 0.4) is 0 Å². The molecule has 6 rings (SSSR count). The van der Waals surface area contributed by atoms with Crippen LogP contribution in [0.5, 0.6) is 0 Å². The largest absolute Gasteiger partial charge is 0.399 e. The smallest absolute Gasteiger partial charge is 0.264 e. The third kappa shape index (κ3) is 12.7. The fourth-order valence-electron chi connectivity index (χ4n) is 6.31. The number of hydrogen-bond donors (Lipinski definition) is 4. The van der Waals surface area contributed by atoms with Crippen molar-refractivity contribution in [2.75, 3.05) is 43.9 Å². The molecule has 2 heterocycles. The summed E-state index contributed by atoms with van der Waals surface area (Å²) in [6.45, 7) is 8.40. The Kier molecular flexibility index (Phi) is 16.1. The molecular formula is C35H53N11O4S3. The second-order valence-electron chi connectivity index (χ2n) is 13.0. The van der Waals surface area contributed by atoms with E-state index in [1.165, 1.54) is 81.8 Å². The Balaban J connectivity index is 0.000000223. The molecule has 2 spiro atoms. The van der Waals surface area contributed by atoms with Gasteiger partial charge in [-0.3, -0.25) is 9.98 Å². The first-order valence-electron chi connectivity index (χ1n) is 17.5. The number of anilines is 2. The number of benzene rings is 2. The lowest BCUT2D eigenvalue weighted by Gasteiger charge is -2.23. The number of nitrogens with two attached hydrogens (primary N) is 3. The van der Waals surface area contributed by atoms with Crippen molar-refractivity contribution >= 4 is 66.7 Å². The molecule has 2 aliphatic heterocycles. The number of hydrogen-bond acceptors (Lipinski definition) is 12. The molecule has 290 valence electrons. The Hall–Kier alpha value is -4.18. The molecule has 0 atom stereocenters. The van der Waals surface area contributed by atoms with Crippen LogP contribution in [0.2, 0.25) is 0 Å². The third-order valence-corrected chi connectivity index (χ3v) is 11.9. The first kappa shape index (κ1) is 43.2. The van der Waals surface area contributed by atoms with E-state index < -0.39 is 20.0 Å². The summed E-state index contributed by atoms with van der Waals surface area (Å²) in [7, 11) is -7.30. The zero-order chi connectivity index (χ0) is 39.1. The molecule has 2 aromatic carbocycles. The highest BCUT2D eigenvalue weighted by molar-refractivity contribution is 8.13. The average molecular weight is 788 g/mol. The SMILES string of the molecule is CC#N.CCN=C(NS(=O)(=O)c1ccc(N)cc1)N1CC2(C=N1)CCCC2.CCN=C(SC)N1CC2(C=N1)CCCC2.Nc1ccc(S(N)(=O)=O)cc1. The number of sulfonamides is 2. The first-order valence-corrected chi connectivity index (χ1v) is 21.8. The maximum atomic E-state index is 12.6. The summed E-state index contributed by atoms with van der Waals surface area (Å²) in [6, 6.07) is 13.5. The predicted octanol–water partition coefficient (Wildman–Crippen LogP) is 4.82. The highest BCUT2D eigenvalue weighted by atomic mass is 32.2. The number of guanidine groups is 1. The van der Waals surface area contributed by atoms with E-state index in [0.29, 0.717) is 29.9 Å². The Morgan fingerprint density at radius 1 is 0.811 bits per heavy atom. The molecule has 15 nitrogen and oxygen atoms in total. The summed E-state index contributed by atoms with van der Waals surface area (Å²) < 4.78 is 49.1. The van der Waals surface area contributed by atoms with Crippen LogP contribution >= 0.6 is 11.8 Å². The molecule has 0 unspecified atom stereocenters. The van der Waals surface area contributed by atoms with Crippen LogP contribution < -0.4 is 21.3 Å². The molecular weight excluding hydrogens is 735 g/mol. The Morgan fingerprint density at radius 2 is 1.23 bits per heavy atom. The average Bonchev–Trinajstić information content (AvgIpc) is 3.95. The van der Waals surface area contributed by atoms with E-state index in [2.05, 4.69) is 49.3 Å². The van der Waals surface area contributed by atoms with Gasteiger partial charge in [-0.25, -0.2) is 36.7 Å². The second-order valence-corrected chi connectivity index (χ2v) is 17.0. The van der Waals surface area contributed by atoms with Crippen molar-refractivity contribution in [2.45, 2.75) is 81.9 Å². The van der Waals surface area contributed by atoms with Crippen molar-refractivity contribution in [3.63, 3.8) is 0 Å². The maximum absolute atomic E-state index is 12.6. The summed E-state index contributed by atoms with van der Waals surface area (Å²) in [5.74, 6) is 0.273. The van der Waals surface area contributed by atoms with Crippen molar-refractivity contribution in [1.82, 2.24) is 14.7 Å². The van der Waals surface area contributed by atoms with Crippen LogP contribution in [-0.4, -0.2) is 82.8 Å². The van der Waals surface area contributed by atoms with E-state index in [4.69, 9.17) is 21.9 Å². The first-order chi connectivity index (χ1) is 25.1. The molecule has 0 aromatic heterocycles. The normalized spacial score (nSPS) is 18.5. The van der Waals surface area contributed by atoms with Gasteiger partial charge in [-0.1, -0.05) is 37.4 Å². The number of nitriles is 1. The third-order valence-electron chi connectivity index (χ3n) is 8.94. The molecule has 53 heavy (non-hydrogen) atoms. The minimum atomic E-state index is -3.72. The zero-order valence-corrected chi connectivity index (χ0v) is 33.4. The summed E-state index contributed by atoms with van der Waals surface area (Å²) in [6.07, 6.45) is 16.1. The van der Waals surface area contributed by atoms with Gasteiger partial charge in [-0.2, -0.15) is 15.5 Å². The van der Waals surface area contributed by atoms with Crippen LogP contribution in [0.1, 0.15) is 72.1 Å². The van der Waals surface area contributed by atoms with E-state index in [-0.39, 0.29) is 21.2 Å². The lowest BCUT2D eigenvalue weighted by molar-refractivity contribution is 0.342. The number of nitrogens with one attached hydrogen (secondary N) is 1. The second kappa shape index (κ2) is 19.8. The van der Waals surface area contributed by atoms with Gasteiger partial charge in [0.15, 0.2) is 5.17 Å². The molecule has 4 aliphatic rings. The highest BCUT2D eigenvalue weighted by Gasteiger charge is 2.40. The summed E-state index contributed by atoms with van der Waals surface area (Å²) >= 11 is 1.70. The van der Waals surface area contributed by atoms with Crippen molar-refractivity contribution in [3.05, 3.63) is 48.5 Å². The Morgan fingerprint density at radius 3 is 1.64 bits per heavy atom. The fourth-order valence-corrected chi connectivity index (χ4v) is 8.43. The van der Waals surface area contributed by atoms with Crippen molar-refractivity contribution in [3.8, 4) is 6.07 Å². The van der Waals surface area contributed by atoms with Gasteiger partial charge in [0.25, 0.3) is 10.0 Å². The number of thioether (sulfide) groups is 1. The number of aliphatic imine (C=N–C) groups is 2. The van der Waals surface area contributed by atoms with Crippen LogP contribution in [0.4, 0.5) is 11.4 Å². The molecule has 2 aromatic rings. The van der Waals surface area contributed by atoms with Gasteiger partial charge in [0.05, 0.1) is 28.9 Å². The van der Waals surface area contributed by atoms with Gasteiger partial charge in [0, 0.05) is 54.6 Å². The predicted molar refractivity (Wildman–Crippen MR) is 216 cm³/mol. The number of rotatable bonds is 5. The summed E-state index contributed by atoms with van der Waals surface area (Å²) in [4.78, 5) is 9.00. The molecule has 0 bridgehead atoms. The number of primary sulfonamides is 1. The Labute approximate surface area is 319 Å². The maximum Gasteiger partial charge on any atom is 0.264 e. The molecule has 2 fully saturated rings. The van der Waals surface area contributed by atoms with Crippen LogP contribution in [0, 0.1) is 22.2 Å². The monoisotopic (exact) mass is 787 g/mol. The van der Waals surface area contributed by atoms with E-state index in [1.54, 1.807) is 35.0 Å². The van der Waals surface area contributed by atoms with E-state index in [1.807, 2.05) is 13.1 Å². The number of hydrazone groups is 2. The molecule has 2 aliphatic carbocycles. The van der Waals surface area contributed by atoms with E-state index in [9.17, 15) is 16.8 Å². The van der Waals surface area contributed by atoms with Crippen molar-refractivity contribution in [2.24, 2.45) is 36.2 Å². The summed E-state index contributed by atoms with van der Waals surface area (Å²) in [5, 5.41) is 25.9. The number of nitrogens with zero attached hydrogens (tertiary/aromatic N) is 7. The summed E-state index contributed by atoms with van der Waals surface area (Å²) in [5.41, 5.74) is 12.4. The van der Waals surface area contributed by atoms with Crippen LogP contribution in [0.25, 0.3) is 0 Å². The van der Waals surface area contributed by atoms with Gasteiger partial charge in [-0.05, 0) is 94.3 Å². The Bertz CT molecular complexity index is 1860. The van der Waals surface area contributed by atoms with Crippen molar-refractivity contribution in [1.29, 1.82) is 5.26 Å². The van der Waals surface area contributed by atoms with Crippen LogP contribution in [0.15, 0.2) is 78.5 Å². The van der Waals surface area contributed by atoms with Gasteiger partial charge in [0.1, 0.15) is 0 Å². The van der Waals surface area contributed by atoms with Gasteiger partial charge in [0.2, 0.25) is 16.0 Å². The van der Waals surface area contributed by atoms with Crippen molar-refractivity contribution < 1.29 is 16.8 Å². The standard InChI is InChI=1S/C16H23N5O2S.C11H19N3S.C6H8N2O2S.C2H3N/c1-2-18-15(21-12-16(11-19-21)9-3-4-10-16)20-24(22,23)14-7-5-13(17)6-8-14;1-3-12-10(15-2)14-9-11(8-13-14)6-4-5-7-11;7-5-1-3-6(4-2-5)11(8,9)10;1-2-3/h5-8,11H,2-4,9-10,12,17H2,1H3,(H,18,20);8H,3-7,9H2,1-2H3;1-4H,7H2,(H2,8,9,10);1H3. The van der Waals surface area contributed by atoms with E-state index >= 15 is 0 Å². The van der Waals surface area contributed by atoms with Gasteiger partial charge in [-0.15, -0.1) is 0 Å². The minimum Gasteiger partial charge on any atom is -0.399 e. The molecule has 0 radical (unpaired) electrons. The quantitative estimate of drug-likeness (QED) is 0.183. The molecule has 18 heteroatoms. The fraction of sp³-hybridized carbons (Fsp3) is 0.514. The van der Waals surface area contributed by atoms with E-state index in [0.717, 1.165) is 31.1 Å². The molecule has 0 amide bonds. The zero-order valence-electron chi connectivity index (χ0n) is 31.0. The van der Waals surface area contributed by atoms with Crippen LogP contribution in [-0.2, 0) is 20.0 Å². The van der Waals surface area contributed by atoms with Gasteiger partial charge >= 0.3 is 0 Å².